The van der Waals surface area contributed by atoms with Crippen molar-refractivity contribution in [1.82, 2.24) is 10.2 Å². The van der Waals surface area contributed by atoms with Crippen molar-refractivity contribution >= 4 is 31.8 Å². The number of benzene rings is 1. The molecule has 0 unspecified atom stereocenters. The summed E-state index contributed by atoms with van der Waals surface area (Å²) in [6.45, 7) is 3.90. The summed E-state index contributed by atoms with van der Waals surface area (Å²) in [7, 11) is -3.61. The summed E-state index contributed by atoms with van der Waals surface area (Å²) in [6, 6.07) is 6.61. The third-order valence-corrected chi connectivity index (χ3v) is 5.07. The molecule has 1 aromatic carbocycles. The smallest absolute Gasteiger partial charge is 0.263 e. The summed E-state index contributed by atoms with van der Waals surface area (Å²) in [5.74, 6) is 0.314. The molecule has 0 aliphatic carbocycles. The lowest BCUT2D eigenvalue weighted by atomic mass is 10.2. The maximum atomic E-state index is 12.3. The van der Waals surface area contributed by atoms with Gasteiger partial charge in [-0.15, -0.1) is 0 Å². The number of aryl methyl sites for hydroxylation is 2. The van der Waals surface area contributed by atoms with Crippen LogP contribution in [0.2, 0.25) is 0 Å². The van der Waals surface area contributed by atoms with Crippen molar-refractivity contribution in [2.45, 2.75) is 31.6 Å². The molecular formula is C13H16BrN3O2S. The Morgan fingerprint density at radius 1 is 1.35 bits per heavy atom. The monoisotopic (exact) mass is 357 g/mol. The molecule has 0 bridgehead atoms. The van der Waals surface area contributed by atoms with Gasteiger partial charge in [0, 0.05) is 16.2 Å². The Labute approximate surface area is 127 Å². The molecule has 2 N–H and O–H groups in total. The number of H-pyrrole nitrogens is 1. The molecule has 0 spiro atoms. The minimum absolute atomic E-state index is 0.221. The number of aromatic amines is 1. The number of rotatable bonds is 5. The number of nitrogens with zero attached hydrogens (tertiary/aromatic N) is 1. The molecule has 5 nitrogen and oxygen atoms in total. The molecule has 108 valence electrons. The third kappa shape index (κ3) is 3.40. The van der Waals surface area contributed by atoms with E-state index in [2.05, 4.69) is 37.8 Å². The minimum Gasteiger partial charge on any atom is -0.280 e. The Kier molecular flexibility index (Phi) is 4.49. The predicted octanol–water partition coefficient (Wildman–Crippen LogP) is 3.23. The second-order valence-electron chi connectivity index (χ2n) is 4.54. The molecule has 0 aliphatic heterocycles. The van der Waals surface area contributed by atoms with Gasteiger partial charge in [0.05, 0.1) is 4.90 Å². The van der Waals surface area contributed by atoms with Crippen molar-refractivity contribution in [3.63, 3.8) is 0 Å². The summed E-state index contributed by atoms with van der Waals surface area (Å²) in [5.41, 5.74) is 1.78. The molecule has 1 aromatic heterocycles. The molecule has 0 saturated heterocycles. The number of sulfonamides is 1. The van der Waals surface area contributed by atoms with Gasteiger partial charge in [-0.3, -0.25) is 9.82 Å². The fourth-order valence-electron chi connectivity index (χ4n) is 1.79. The first-order valence-electron chi connectivity index (χ1n) is 6.25. The second-order valence-corrected chi connectivity index (χ2v) is 7.08. The Morgan fingerprint density at radius 3 is 2.75 bits per heavy atom. The van der Waals surface area contributed by atoms with E-state index in [1.54, 1.807) is 24.3 Å². The molecule has 20 heavy (non-hydrogen) atoms. The van der Waals surface area contributed by atoms with E-state index in [4.69, 9.17) is 0 Å². The molecule has 2 aromatic rings. The highest BCUT2D eigenvalue weighted by Gasteiger charge is 2.16. The van der Waals surface area contributed by atoms with Gasteiger partial charge in [0.2, 0.25) is 0 Å². The fraction of sp³-hybridized carbons (Fsp3) is 0.308. The largest absolute Gasteiger partial charge is 0.280 e. The van der Waals surface area contributed by atoms with Gasteiger partial charge < -0.3 is 0 Å². The number of hydrogen-bond donors (Lipinski definition) is 2. The van der Waals surface area contributed by atoms with Gasteiger partial charge in [-0.25, -0.2) is 8.42 Å². The Bertz CT molecular complexity index is 710. The van der Waals surface area contributed by atoms with Crippen LogP contribution < -0.4 is 4.72 Å². The summed E-state index contributed by atoms with van der Waals surface area (Å²) in [5, 5.41) is 6.78. The quantitative estimate of drug-likeness (QED) is 0.862. The molecule has 0 atom stereocenters. The summed E-state index contributed by atoms with van der Waals surface area (Å²) in [6.07, 6.45) is 1.81. The van der Waals surface area contributed by atoms with E-state index >= 15 is 0 Å². The molecule has 2 rings (SSSR count). The summed E-state index contributed by atoms with van der Waals surface area (Å²) < 4.78 is 27.9. The first-order chi connectivity index (χ1) is 9.42. The van der Waals surface area contributed by atoms with E-state index in [1.807, 2.05) is 6.92 Å². The zero-order valence-corrected chi connectivity index (χ0v) is 13.7. The molecule has 0 saturated carbocycles. The highest BCUT2D eigenvalue weighted by atomic mass is 79.9. The molecular weight excluding hydrogens is 342 g/mol. The van der Waals surface area contributed by atoms with E-state index in [9.17, 15) is 8.42 Å². The van der Waals surface area contributed by atoms with E-state index in [-0.39, 0.29) is 4.90 Å². The summed E-state index contributed by atoms with van der Waals surface area (Å²) in [4.78, 5) is 0.221. The lowest BCUT2D eigenvalue weighted by Crippen LogP contribution is -2.13. The molecule has 0 amide bonds. The highest BCUT2D eigenvalue weighted by Crippen LogP contribution is 2.21. The van der Waals surface area contributed by atoms with E-state index in [1.165, 1.54) is 0 Å². The zero-order valence-electron chi connectivity index (χ0n) is 11.3. The van der Waals surface area contributed by atoms with Gasteiger partial charge in [-0.2, -0.15) is 5.10 Å². The second kappa shape index (κ2) is 5.97. The highest BCUT2D eigenvalue weighted by molar-refractivity contribution is 9.10. The van der Waals surface area contributed by atoms with Crippen LogP contribution in [0, 0.1) is 6.92 Å². The van der Waals surface area contributed by atoms with Crippen molar-refractivity contribution in [1.29, 1.82) is 0 Å². The van der Waals surface area contributed by atoms with Gasteiger partial charge in [-0.05, 0) is 37.1 Å². The summed E-state index contributed by atoms with van der Waals surface area (Å²) >= 11 is 3.35. The van der Waals surface area contributed by atoms with Crippen molar-refractivity contribution < 1.29 is 8.42 Å². The fourth-order valence-corrected chi connectivity index (χ4v) is 3.12. The van der Waals surface area contributed by atoms with Gasteiger partial charge in [0.1, 0.15) is 0 Å². The SMILES string of the molecule is CCCc1cc(NS(=O)(=O)c2ccc(Br)c(C)c2)n[nH]1. The topological polar surface area (TPSA) is 74.8 Å². The molecule has 0 fully saturated rings. The maximum absolute atomic E-state index is 12.3. The first-order valence-corrected chi connectivity index (χ1v) is 8.53. The van der Waals surface area contributed by atoms with Crippen molar-refractivity contribution in [2.75, 3.05) is 4.72 Å². The van der Waals surface area contributed by atoms with Crippen molar-refractivity contribution in [3.05, 3.63) is 40.0 Å². The average Bonchev–Trinajstić information content (AvgIpc) is 2.79. The molecule has 7 heteroatoms. The van der Waals surface area contributed by atoms with Gasteiger partial charge >= 0.3 is 0 Å². The Balaban J connectivity index is 2.23. The van der Waals surface area contributed by atoms with Crippen LogP contribution in [0.25, 0.3) is 0 Å². The number of halogens is 1. The number of aromatic nitrogens is 2. The van der Waals surface area contributed by atoms with E-state index in [0.29, 0.717) is 5.82 Å². The van der Waals surface area contributed by atoms with Crippen LogP contribution in [-0.4, -0.2) is 18.6 Å². The molecule has 1 heterocycles. The lowest BCUT2D eigenvalue weighted by molar-refractivity contribution is 0.601. The van der Waals surface area contributed by atoms with Crippen LogP contribution in [0.5, 0.6) is 0 Å². The van der Waals surface area contributed by atoms with Crippen LogP contribution in [0.4, 0.5) is 5.82 Å². The Morgan fingerprint density at radius 2 is 2.10 bits per heavy atom. The minimum atomic E-state index is -3.61. The number of hydrogen-bond acceptors (Lipinski definition) is 3. The van der Waals surface area contributed by atoms with Crippen molar-refractivity contribution in [3.8, 4) is 0 Å². The third-order valence-electron chi connectivity index (χ3n) is 2.83. The molecule has 0 radical (unpaired) electrons. The average molecular weight is 358 g/mol. The molecule has 0 aliphatic rings. The van der Waals surface area contributed by atoms with Crippen LogP contribution in [0.3, 0.4) is 0 Å². The standard InChI is InChI=1S/C13H16BrN3O2S/c1-3-4-10-8-13(16-15-10)17-20(18,19)11-5-6-12(14)9(2)7-11/h5-8H,3-4H2,1-2H3,(H2,15,16,17). The maximum Gasteiger partial charge on any atom is 0.263 e. The van der Waals surface area contributed by atoms with E-state index < -0.39 is 10.0 Å². The van der Waals surface area contributed by atoms with Gasteiger partial charge in [-0.1, -0.05) is 29.3 Å². The van der Waals surface area contributed by atoms with Crippen LogP contribution >= 0.6 is 15.9 Å². The predicted molar refractivity (Wildman–Crippen MR) is 82.3 cm³/mol. The normalized spacial score (nSPS) is 11.6. The number of anilines is 1. The van der Waals surface area contributed by atoms with Crippen LogP contribution in [-0.2, 0) is 16.4 Å². The van der Waals surface area contributed by atoms with Crippen molar-refractivity contribution in [2.24, 2.45) is 0 Å². The zero-order chi connectivity index (χ0) is 14.8. The van der Waals surface area contributed by atoms with Crippen LogP contribution in [0.1, 0.15) is 24.6 Å². The Hall–Kier alpha value is -1.34. The first kappa shape index (κ1) is 15.1. The van der Waals surface area contributed by atoms with Gasteiger partial charge in [0.25, 0.3) is 10.0 Å². The lowest BCUT2D eigenvalue weighted by Gasteiger charge is -2.06. The van der Waals surface area contributed by atoms with Gasteiger partial charge in [0.15, 0.2) is 5.82 Å². The number of nitrogens with one attached hydrogen (secondary N) is 2. The van der Waals surface area contributed by atoms with Crippen LogP contribution in [0.15, 0.2) is 33.6 Å². The van der Waals surface area contributed by atoms with E-state index in [0.717, 1.165) is 28.6 Å².